The fraction of sp³-hybridized carbons (Fsp3) is 0.391. The Kier molecular flexibility index (Phi) is 6.57. The van der Waals surface area contributed by atoms with Crippen LogP contribution < -0.4 is 10.6 Å². The number of aromatic nitrogens is 2. The van der Waals surface area contributed by atoms with Gasteiger partial charge in [0.15, 0.2) is 0 Å². The largest absolute Gasteiger partial charge is 0.326 e. The van der Waals surface area contributed by atoms with Gasteiger partial charge < -0.3 is 10.6 Å². The molecule has 4 rings (SSSR count). The number of anilines is 2. The average Bonchev–Trinajstić information content (AvgIpc) is 3.10. The second-order valence-corrected chi connectivity index (χ2v) is 10.1. The van der Waals surface area contributed by atoms with Crippen molar-refractivity contribution in [2.45, 2.75) is 57.4 Å². The molecule has 0 saturated carbocycles. The van der Waals surface area contributed by atoms with Crippen LogP contribution in [0.25, 0.3) is 10.2 Å². The van der Waals surface area contributed by atoms with Crippen LogP contribution in [0.1, 0.15) is 55.8 Å². The highest BCUT2D eigenvalue weighted by Gasteiger charge is 2.22. The number of aryl methyl sites for hydroxylation is 2. The molecule has 0 fully saturated rings. The first-order valence-corrected chi connectivity index (χ1v) is 12.3. The Balaban J connectivity index is 1.53. The minimum atomic E-state index is -0.146. The van der Waals surface area contributed by atoms with Crippen LogP contribution in [0.4, 0.5) is 11.4 Å². The molecular weight excluding hydrogens is 428 g/mol. The average molecular weight is 455 g/mol. The Hall–Kier alpha value is -2.45. The van der Waals surface area contributed by atoms with Crippen LogP contribution >= 0.6 is 23.1 Å². The number of benzene rings is 1. The number of thioether (sulfide) groups is 1. The molecular formula is C23H26N4O2S2. The zero-order valence-electron chi connectivity index (χ0n) is 17.9. The van der Waals surface area contributed by atoms with Crippen LogP contribution in [0.3, 0.4) is 0 Å². The molecule has 0 spiro atoms. The number of amides is 2. The molecule has 2 heterocycles. The molecule has 0 aliphatic heterocycles. The highest BCUT2D eigenvalue weighted by molar-refractivity contribution is 8.00. The summed E-state index contributed by atoms with van der Waals surface area (Å²) in [5.74, 6) is 1.07. The third-order valence-corrected chi connectivity index (χ3v) is 7.28. The van der Waals surface area contributed by atoms with E-state index in [0.29, 0.717) is 11.4 Å². The van der Waals surface area contributed by atoms with Crippen LogP contribution in [0.15, 0.2) is 29.3 Å². The van der Waals surface area contributed by atoms with Crippen molar-refractivity contribution in [1.82, 2.24) is 9.97 Å². The van der Waals surface area contributed by atoms with E-state index < -0.39 is 0 Å². The first kappa shape index (κ1) is 21.8. The van der Waals surface area contributed by atoms with Gasteiger partial charge in [-0.2, -0.15) is 0 Å². The number of hydrogen-bond donors (Lipinski definition) is 2. The van der Waals surface area contributed by atoms with Crippen LogP contribution in [0.2, 0.25) is 0 Å². The molecule has 1 aromatic carbocycles. The van der Waals surface area contributed by atoms with Crippen LogP contribution in [0.5, 0.6) is 0 Å². The van der Waals surface area contributed by atoms with Gasteiger partial charge in [-0.25, -0.2) is 9.97 Å². The maximum atomic E-state index is 12.6. The molecule has 31 heavy (non-hydrogen) atoms. The monoisotopic (exact) mass is 454 g/mol. The lowest BCUT2D eigenvalue weighted by atomic mass is 9.97. The zero-order chi connectivity index (χ0) is 22.0. The summed E-state index contributed by atoms with van der Waals surface area (Å²) in [5, 5.41) is 7.70. The van der Waals surface area contributed by atoms with Gasteiger partial charge in [-0.15, -0.1) is 11.3 Å². The van der Waals surface area contributed by atoms with E-state index >= 15 is 0 Å². The van der Waals surface area contributed by atoms with Crippen LogP contribution in [-0.4, -0.2) is 27.5 Å². The number of nitrogens with zero attached hydrogens (tertiary/aromatic N) is 2. The first-order chi connectivity index (χ1) is 14.9. The summed E-state index contributed by atoms with van der Waals surface area (Å²) in [4.78, 5) is 36.0. The summed E-state index contributed by atoms with van der Waals surface area (Å²) in [7, 11) is 0. The Morgan fingerprint density at radius 1 is 1.13 bits per heavy atom. The van der Waals surface area contributed by atoms with E-state index in [0.717, 1.165) is 33.9 Å². The fourth-order valence-electron chi connectivity index (χ4n) is 3.71. The number of rotatable bonds is 6. The van der Waals surface area contributed by atoms with Crippen molar-refractivity contribution < 1.29 is 9.59 Å². The molecule has 1 aliphatic rings. The molecule has 0 radical (unpaired) electrons. The lowest BCUT2D eigenvalue weighted by molar-refractivity contribution is -0.114. The zero-order valence-corrected chi connectivity index (χ0v) is 19.6. The van der Waals surface area contributed by atoms with Crippen molar-refractivity contribution >= 4 is 56.5 Å². The van der Waals surface area contributed by atoms with Gasteiger partial charge in [0.2, 0.25) is 11.8 Å². The molecule has 0 unspecified atom stereocenters. The van der Waals surface area contributed by atoms with Crippen molar-refractivity contribution in [2.24, 2.45) is 0 Å². The summed E-state index contributed by atoms with van der Waals surface area (Å²) in [6.45, 7) is 5.65. The number of carbonyl (C=O) groups excluding carboxylic acids is 2. The second kappa shape index (κ2) is 9.36. The Labute approximate surface area is 190 Å². The van der Waals surface area contributed by atoms with Crippen molar-refractivity contribution in [3.8, 4) is 0 Å². The molecule has 2 amide bonds. The van der Waals surface area contributed by atoms with E-state index in [-0.39, 0.29) is 23.5 Å². The molecule has 0 saturated heterocycles. The van der Waals surface area contributed by atoms with E-state index in [4.69, 9.17) is 9.97 Å². The summed E-state index contributed by atoms with van der Waals surface area (Å²) in [5.41, 5.74) is 2.69. The van der Waals surface area contributed by atoms with E-state index in [1.807, 2.05) is 6.07 Å². The van der Waals surface area contributed by atoms with Crippen molar-refractivity contribution in [3.05, 3.63) is 40.5 Å². The lowest BCUT2D eigenvalue weighted by Crippen LogP contribution is -2.15. The number of fused-ring (bicyclic) bond motifs is 3. The fourth-order valence-corrected chi connectivity index (χ4v) is 5.91. The molecule has 2 aromatic heterocycles. The molecule has 1 aliphatic carbocycles. The van der Waals surface area contributed by atoms with Gasteiger partial charge in [-0.1, -0.05) is 31.7 Å². The van der Waals surface area contributed by atoms with E-state index in [1.165, 1.54) is 42.0 Å². The quantitative estimate of drug-likeness (QED) is 0.386. The van der Waals surface area contributed by atoms with Gasteiger partial charge in [0.25, 0.3) is 0 Å². The minimum absolute atomic E-state index is 0.105. The lowest BCUT2D eigenvalue weighted by Gasteiger charge is -2.13. The van der Waals surface area contributed by atoms with Crippen LogP contribution in [-0.2, 0) is 22.4 Å². The van der Waals surface area contributed by atoms with Gasteiger partial charge >= 0.3 is 0 Å². The highest BCUT2D eigenvalue weighted by atomic mass is 32.2. The van der Waals surface area contributed by atoms with E-state index in [2.05, 4.69) is 24.5 Å². The summed E-state index contributed by atoms with van der Waals surface area (Å²) in [6, 6.07) is 7.15. The third kappa shape index (κ3) is 5.07. The van der Waals surface area contributed by atoms with Gasteiger partial charge in [0.05, 0.1) is 5.75 Å². The van der Waals surface area contributed by atoms with Gasteiger partial charge in [0.1, 0.15) is 15.7 Å². The second-order valence-electron chi connectivity index (χ2n) is 8.03. The molecule has 162 valence electrons. The predicted molar refractivity (Wildman–Crippen MR) is 128 cm³/mol. The third-order valence-electron chi connectivity index (χ3n) is 5.12. The van der Waals surface area contributed by atoms with Crippen molar-refractivity contribution in [1.29, 1.82) is 0 Å². The number of hydrogen-bond acceptors (Lipinski definition) is 6. The van der Waals surface area contributed by atoms with Crippen molar-refractivity contribution in [3.63, 3.8) is 0 Å². The first-order valence-electron chi connectivity index (χ1n) is 10.5. The smallest absolute Gasteiger partial charge is 0.234 e. The standard InChI is InChI=1S/C23H26N4O2S2/c1-13(2)21-26-22(20-17-9-4-5-10-18(17)31-23(20)27-21)30-12-19(29)25-16-8-6-7-15(11-16)24-14(3)28/h6-8,11,13H,4-5,9-10,12H2,1-3H3,(H,24,28)(H,25,29). The summed E-state index contributed by atoms with van der Waals surface area (Å²) < 4.78 is 0. The maximum Gasteiger partial charge on any atom is 0.234 e. The molecule has 2 N–H and O–H groups in total. The number of thiophene rings is 1. The molecule has 6 nitrogen and oxygen atoms in total. The predicted octanol–water partition coefficient (Wildman–Crippen LogP) is 5.38. The van der Waals surface area contributed by atoms with E-state index in [1.54, 1.807) is 29.5 Å². The Bertz CT molecular complexity index is 1140. The van der Waals surface area contributed by atoms with Crippen molar-refractivity contribution in [2.75, 3.05) is 16.4 Å². The number of carbonyl (C=O) groups is 2. The maximum absolute atomic E-state index is 12.6. The Morgan fingerprint density at radius 2 is 1.87 bits per heavy atom. The molecule has 0 atom stereocenters. The molecule has 0 bridgehead atoms. The molecule has 3 aromatic rings. The van der Waals surface area contributed by atoms with E-state index in [9.17, 15) is 9.59 Å². The summed E-state index contributed by atoms with van der Waals surface area (Å²) in [6.07, 6.45) is 4.60. The van der Waals surface area contributed by atoms with Gasteiger partial charge in [0, 0.05) is 34.5 Å². The minimum Gasteiger partial charge on any atom is -0.326 e. The van der Waals surface area contributed by atoms with Gasteiger partial charge in [-0.05, 0) is 49.4 Å². The summed E-state index contributed by atoms with van der Waals surface area (Å²) >= 11 is 3.26. The number of nitrogens with one attached hydrogen (secondary N) is 2. The highest BCUT2D eigenvalue weighted by Crippen LogP contribution is 2.40. The SMILES string of the molecule is CC(=O)Nc1cccc(NC(=O)CSc2nc(C(C)C)nc3sc4c(c23)CCCC4)c1. The Morgan fingerprint density at radius 3 is 2.61 bits per heavy atom. The molecule has 8 heteroatoms. The van der Waals surface area contributed by atoms with Gasteiger partial charge in [-0.3, -0.25) is 9.59 Å². The van der Waals surface area contributed by atoms with Crippen LogP contribution in [0, 0.1) is 0 Å². The normalized spacial score (nSPS) is 13.3. The topological polar surface area (TPSA) is 84.0 Å².